The van der Waals surface area contributed by atoms with Crippen molar-refractivity contribution in [3.8, 4) is 5.75 Å². The fraction of sp³-hybridized carbons (Fsp3) is 0.533. The van der Waals surface area contributed by atoms with Crippen LogP contribution in [0.15, 0.2) is 24.3 Å². The molecule has 4 heteroatoms. The number of ether oxygens (including phenoxy) is 1. The van der Waals surface area contributed by atoms with Gasteiger partial charge in [-0.1, -0.05) is 25.1 Å². The average molecular weight is 262 g/mol. The van der Waals surface area contributed by atoms with Gasteiger partial charge < -0.3 is 15.4 Å². The number of rotatable bonds is 6. The lowest BCUT2D eigenvalue weighted by Crippen LogP contribution is -2.34. The van der Waals surface area contributed by atoms with E-state index in [0.717, 1.165) is 43.8 Å². The van der Waals surface area contributed by atoms with Crippen molar-refractivity contribution in [1.29, 1.82) is 0 Å². The van der Waals surface area contributed by atoms with E-state index in [2.05, 4.69) is 17.6 Å². The van der Waals surface area contributed by atoms with Crippen LogP contribution in [-0.4, -0.2) is 32.1 Å². The molecule has 104 valence electrons. The highest BCUT2D eigenvalue weighted by atomic mass is 16.5. The van der Waals surface area contributed by atoms with Crippen LogP contribution in [0.1, 0.15) is 31.2 Å². The molecule has 0 aromatic heterocycles. The minimum absolute atomic E-state index is 0.0657. The lowest BCUT2D eigenvalue weighted by atomic mass is 9.92. The van der Waals surface area contributed by atoms with Gasteiger partial charge in [0.05, 0.1) is 12.5 Å². The van der Waals surface area contributed by atoms with Crippen LogP contribution < -0.4 is 15.4 Å². The molecule has 0 aliphatic carbocycles. The second-order valence-corrected chi connectivity index (χ2v) is 4.73. The number of carbonyl (C=O) groups excluding carboxylic acids is 1. The Morgan fingerprint density at radius 1 is 1.37 bits per heavy atom. The smallest absolute Gasteiger partial charge is 0.227 e. The Morgan fingerprint density at radius 3 is 3.05 bits per heavy atom. The summed E-state index contributed by atoms with van der Waals surface area (Å²) in [7, 11) is 0. The third-order valence-electron chi connectivity index (χ3n) is 3.35. The molecule has 1 aromatic rings. The van der Waals surface area contributed by atoms with Crippen molar-refractivity contribution in [1.82, 2.24) is 10.6 Å². The predicted octanol–water partition coefficient (Wildman–Crippen LogP) is 1.67. The number of nitrogens with one attached hydrogen (secondary N) is 2. The summed E-state index contributed by atoms with van der Waals surface area (Å²) < 4.78 is 5.57. The minimum atomic E-state index is -0.0657. The summed E-state index contributed by atoms with van der Waals surface area (Å²) >= 11 is 0. The Hall–Kier alpha value is -1.55. The first-order chi connectivity index (χ1) is 9.33. The molecule has 1 atom stereocenters. The molecule has 1 aromatic carbocycles. The summed E-state index contributed by atoms with van der Waals surface area (Å²) in [5.41, 5.74) is 1.01. The highest BCUT2D eigenvalue weighted by Gasteiger charge is 2.26. The predicted molar refractivity (Wildman–Crippen MR) is 75.5 cm³/mol. The van der Waals surface area contributed by atoms with Gasteiger partial charge in [-0.2, -0.15) is 0 Å². The molecule has 1 heterocycles. The van der Waals surface area contributed by atoms with Gasteiger partial charge in [-0.05, 0) is 32.0 Å². The average Bonchev–Trinajstić information content (AvgIpc) is 2.46. The quantitative estimate of drug-likeness (QED) is 0.767. The number of fused-ring (bicyclic) bond motifs is 1. The van der Waals surface area contributed by atoms with Crippen molar-refractivity contribution >= 4 is 5.91 Å². The maximum atomic E-state index is 12.2. The van der Waals surface area contributed by atoms with E-state index in [1.165, 1.54) is 0 Å². The summed E-state index contributed by atoms with van der Waals surface area (Å²) in [6.07, 6.45) is 1.72. The van der Waals surface area contributed by atoms with E-state index in [0.29, 0.717) is 6.61 Å². The molecule has 1 unspecified atom stereocenters. The monoisotopic (exact) mass is 262 g/mol. The number of carbonyl (C=O) groups is 1. The van der Waals surface area contributed by atoms with Gasteiger partial charge in [-0.15, -0.1) is 0 Å². The molecule has 0 radical (unpaired) electrons. The first-order valence-electron chi connectivity index (χ1n) is 7.03. The summed E-state index contributed by atoms with van der Waals surface area (Å²) in [5.74, 6) is 0.901. The molecule has 0 saturated carbocycles. The number of benzene rings is 1. The van der Waals surface area contributed by atoms with Crippen molar-refractivity contribution in [2.45, 2.75) is 25.7 Å². The zero-order valence-corrected chi connectivity index (χ0v) is 11.4. The van der Waals surface area contributed by atoms with Gasteiger partial charge in [0.15, 0.2) is 0 Å². The van der Waals surface area contributed by atoms with Crippen LogP contribution in [0.2, 0.25) is 0 Å². The molecule has 1 amide bonds. The Kier molecular flexibility index (Phi) is 5.21. The van der Waals surface area contributed by atoms with Crippen LogP contribution in [0.5, 0.6) is 5.75 Å². The van der Waals surface area contributed by atoms with Crippen LogP contribution in [0.4, 0.5) is 0 Å². The molecule has 1 aliphatic rings. The van der Waals surface area contributed by atoms with Gasteiger partial charge in [-0.3, -0.25) is 4.79 Å². The largest absolute Gasteiger partial charge is 0.493 e. The molecular weight excluding hydrogens is 240 g/mol. The third kappa shape index (κ3) is 3.70. The topological polar surface area (TPSA) is 50.4 Å². The molecule has 2 N–H and O–H groups in total. The van der Waals surface area contributed by atoms with E-state index >= 15 is 0 Å². The first kappa shape index (κ1) is 13.9. The summed E-state index contributed by atoms with van der Waals surface area (Å²) in [6, 6.07) is 7.81. The third-order valence-corrected chi connectivity index (χ3v) is 3.35. The molecule has 2 rings (SSSR count). The van der Waals surface area contributed by atoms with Crippen LogP contribution >= 0.6 is 0 Å². The van der Waals surface area contributed by atoms with Crippen molar-refractivity contribution in [2.75, 3.05) is 26.2 Å². The van der Waals surface area contributed by atoms with E-state index < -0.39 is 0 Å². The van der Waals surface area contributed by atoms with Gasteiger partial charge in [-0.25, -0.2) is 0 Å². The van der Waals surface area contributed by atoms with Crippen molar-refractivity contribution in [3.63, 3.8) is 0 Å². The van der Waals surface area contributed by atoms with Crippen molar-refractivity contribution < 1.29 is 9.53 Å². The molecule has 19 heavy (non-hydrogen) atoms. The van der Waals surface area contributed by atoms with Crippen molar-refractivity contribution in [2.24, 2.45) is 0 Å². The molecule has 1 aliphatic heterocycles. The van der Waals surface area contributed by atoms with Gasteiger partial charge in [0.2, 0.25) is 5.91 Å². The summed E-state index contributed by atoms with van der Waals surface area (Å²) in [6.45, 7) is 5.35. The highest BCUT2D eigenvalue weighted by molar-refractivity contribution is 5.84. The Bertz CT molecular complexity index is 420. The number of amides is 1. The Morgan fingerprint density at radius 2 is 2.21 bits per heavy atom. The van der Waals surface area contributed by atoms with Crippen LogP contribution in [0.25, 0.3) is 0 Å². The van der Waals surface area contributed by atoms with E-state index in [1.807, 2.05) is 24.3 Å². The zero-order valence-electron chi connectivity index (χ0n) is 11.4. The van der Waals surface area contributed by atoms with Gasteiger partial charge in [0.25, 0.3) is 0 Å². The zero-order chi connectivity index (χ0) is 13.5. The molecular formula is C15H22N2O2. The van der Waals surface area contributed by atoms with Crippen LogP contribution in [0, 0.1) is 0 Å². The second kappa shape index (κ2) is 7.14. The second-order valence-electron chi connectivity index (χ2n) is 4.73. The fourth-order valence-electron chi connectivity index (χ4n) is 2.34. The molecule has 0 fully saturated rings. The lowest BCUT2D eigenvalue weighted by Gasteiger charge is -2.25. The fourth-order valence-corrected chi connectivity index (χ4v) is 2.34. The lowest BCUT2D eigenvalue weighted by molar-refractivity contribution is -0.123. The summed E-state index contributed by atoms with van der Waals surface area (Å²) in [4.78, 5) is 12.2. The molecule has 0 bridgehead atoms. The Labute approximate surface area is 114 Å². The number of hydrogen-bond acceptors (Lipinski definition) is 3. The van der Waals surface area contributed by atoms with E-state index in [1.54, 1.807) is 0 Å². The van der Waals surface area contributed by atoms with E-state index in [-0.39, 0.29) is 11.8 Å². The molecule has 0 spiro atoms. The van der Waals surface area contributed by atoms with E-state index in [9.17, 15) is 4.79 Å². The molecule has 4 nitrogen and oxygen atoms in total. The van der Waals surface area contributed by atoms with Crippen LogP contribution in [-0.2, 0) is 4.79 Å². The van der Waals surface area contributed by atoms with Crippen LogP contribution in [0.3, 0.4) is 0 Å². The minimum Gasteiger partial charge on any atom is -0.493 e. The SMILES string of the molecule is CCNCCCNC(=O)C1CCOc2ccccc21. The number of hydrogen-bond donors (Lipinski definition) is 2. The van der Waals surface area contributed by atoms with Gasteiger partial charge >= 0.3 is 0 Å². The van der Waals surface area contributed by atoms with Gasteiger partial charge in [0.1, 0.15) is 5.75 Å². The summed E-state index contributed by atoms with van der Waals surface area (Å²) in [5, 5.41) is 6.26. The maximum Gasteiger partial charge on any atom is 0.227 e. The first-order valence-corrected chi connectivity index (χ1v) is 7.03. The maximum absolute atomic E-state index is 12.2. The van der Waals surface area contributed by atoms with Crippen molar-refractivity contribution in [3.05, 3.63) is 29.8 Å². The van der Waals surface area contributed by atoms with Gasteiger partial charge in [0, 0.05) is 12.1 Å². The highest BCUT2D eigenvalue weighted by Crippen LogP contribution is 2.33. The molecule has 0 saturated heterocycles. The number of para-hydroxylation sites is 1. The Balaban J connectivity index is 1.86. The standard InChI is InChI=1S/C15H22N2O2/c1-2-16-9-5-10-17-15(18)13-8-11-19-14-7-4-3-6-12(13)14/h3-4,6-7,13,16H,2,5,8-11H2,1H3,(H,17,18). The normalized spacial score (nSPS) is 17.4. The van der Waals surface area contributed by atoms with E-state index in [4.69, 9.17) is 4.74 Å².